The van der Waals surface area contributed by atoms with Crippen LogP contribution < -0.4 is 9.80 Å². The summed E-state index contributed by atoms with van der Waals surface area (Å²) in [5.41, 5.74) is 1.25. The Morgan fingerprint density at radius 1 is 1.07 bits per heavy atom. The predicted octanol–water partition coefficient (Wildman–Crippen LogP) is 3.45. The lowest BCUT2D eigenvalue weighted by atomic mass is 10.0. The van der Waals surface area contributed by atoms with E-state index in [4.69, 9.17) is 4.52 Å². The summed E-state index contributed by atoms with van der Waals surface area (Å²) >= 11 is 7.27. The molecule has 1 aromatic carbocycles. The number of halogens is 2. The molecule has 0 N–H and O–H groups in total. The van der Waals surface area contributed by atoms with Crippen LogP contribution in [0.4, 0.5) is 11.5 Å². The maximum atomic E-state index is 5.47. The number of tetrazole rings is 1. The largest absolute Gasteiger partial charge is 0.370 e. The molecule has 0 radical (unpaired) electrons. The Morgan fingerprint density at radius 2 is 1.82 bits per heavy atom. The summed E-state index contributed by atoms with van der Waals surface area (Å²) in [7, 11) is 0. The molecule has 28 heavy (non-hydrogen) atoms. The summed E-state index contributed by atoms with van der Waals surface area (Å²) < 4.78 is 7.72. The van der Waals surface area contributed by atoms with E-state index in [0.29, 0.717) is 30.0 Å². The number of fused-ring (bicyclic) bond motifs is 1. The van der Waals surface area contributed by atoms with Gasteiger partial charge in [0.25, 0.3) is 0 Å². The van der Waals surface area contributed by atoms with Gasteiger partial charge in [-0.05, 0) is 46.3 Å². The number of hydrogen-bond acceptors (Lipinski definition) is 7. The lowest BCUT2D eigenvalue weighted by molar-refractivity contribution is 0.428. The van der Waals surface area contributed by atoms with Crippen LogP contribution in [0.3, 0.4) is 0 Å². The molecule has 3 aromatic rings. The first-order chi connectivity index (χ1) is 13.6. The molecule has 0 spiro atoms. The minimum absolute atomic E-state index is 0.477. The molecule has 2 fully saturated rings. The van der Waals surface area contributed by atoms with Gasteiger partial charge in [0.15, 0.2) is 5.82 Å². The van der Waals surface area contributed by atoms with Crippen molar-refractivity contribution in [2.24, 2.45) is 11.8 Å². The fraction of sp³-hybridized carbons (Fsp3) is 0.444. The van der Waals surface area contributed by atoms with Crippen LogP contribution in [0.2, 0.25) is 0 Å². The summed E-state index contributed by atoms with van der Waals surface area (Å²) in [6, 6.07) is 8.26. The zero-order valence-electron chi connectivity index (χ0n) is 15.3. The summed E-state index contributed by atoms with van der Waals surface area (Å²) in [5, 5.41) is 16.5. The summed E-state index contributed by atoms with van der Waals surface area (Å²) in [4.78, 5) is 6.31. The number of rotatable bonds is 4. The molecule has 2 aliphatic heterocycles. The van der Waals surface area contributed by atoms with Crippen molar-refractivity contribution in [3.05, 3.63) is 33.2 Å². The average molecular weight is 509 g/mol. The van der Waals surface area contributed by atoms with Gasteiger partial charge in [-0.2, -0.15) is 4.80 Å². The van der Waals surface area contributed by atoms with Gasteiger partial charge >= 0.3 is 0 Å². The molecule has 2 aromatic heterocycles. The summed E-state index contributed by atoms with van der Waals surface area (Å²) in [6.07, 6.45) is 0. The molecular formula is C18H19Br2N7O. The third-order valence-electron chi connectivity index (χ3n) is 5.51. The average Bonchev–Trinajstić information content (AvgIpc) is 3.45. The number of anilines is 2. The van der Waals surface area contributed by atoms with E-state index < -0.39 is 0 Å². The predicted molar refractivity (Wildman–Crippen MR) is 112 cm³/mol. The highest BCUT2D eigenvalue weighted by molar-refractivity contribution is 9.11. The van der Waals surface area contributed by atoms with E-state index in [2.05, 4.69) is 80.4 Å². The Bertz CT molecular complexity index is 989. The SMILES string of the molecule is CCn1nnc(-c2cc(N3CC4CN(c5cc(Br)ccc5Br)CC4C3)no2)n1. The van der Waals surface area contributed by atoms with E-state index in [1.165, 1.54) is 10.5 Å². The third kappa shape index (κ3) is 3.22. The maximum absolute atomic E-state index is 5.47. The molecule has 8 nitrogen and oxygen atoms in total. The number of aryl methyl sites for hydroxylation is 1. The van der Waals surface area contributed by atoms with Gasteiger partial charge in [-0.3, -0.25) is 0 Å². The van der Waals surface area contributed by atoms with E-state index in [1.54, 1.807) is 0 Å². The molecule has 146 valence electrons. The van der Waals surface area contributed by atoms with Crippen molar-refractivity contribution < 1.29 is 4.52 Å². The molecule has 5 rings (SSSR count). The summed E-state index contributed by atoms with van der Waals surface area (Å²) in [6.45, 7) is 6.70. The van der Waals surface area contributed by atoms with Crippen LogP contribution >= 0.6 is 31.9 Å². The van der Waals surface area contributed by atoms with E-state index in [0.717, 1.165) is 40.9 Å². The molecule has 4 heterocycles. The van der Waals surface area contributed by atoms with Crippen molar-refractivity contribution >= 4 is 43.4 Å². The fourth-order valence-corrected chi connectivity index (χ4v) is 4.95. The van der Waals surface area contributed by atoms with Gasteiger partial charge in [-0.1, -0.05) is 21.1 Å². The van der Waals surface area contributed by atoms with Gasteiger partial charge < -0.3 is 14.3 Å². The minimum atomic E-state index is 0.477. The maximum Gasteiger partial charge on any atom is 0.242 e. The van der Waals surface area contributed by atoms with Crippen LogP contribution in [0, 0.1) is 11.8 Å². The normalized spacial score (nSPS) is 21.5. The Balaban J connectivity index is 1.28. The number of hydrogen-bond donors (Lipinski definition) is 0. The van der Waals surface area contributed by atoms with E-state index in [-0.39, 0.29) is 0 Å². The number of nitrogens with zero attached hydrogens (tertiary/aromatic N) is 7. The second-order valence-corrected chi connectivity index (χ2v) is 9.05. The molecule has 0 aliphatic carbocycles. The fourth-order valence-electron chi connectivity index (χ4n) is 4.10. The van der Waals surface area contributed by atoms with Gasteiger partial charge in [0.2, 0.25) is 11.6 Å². The van der Waals surface area contributed by atoms with Crippen LogP contribution in [0.1, 0.15) is 6.92 Å². The molecule has 2 atom stereocenters. The van der Waals surface area contributed by atoms with Crippen LogP contribution in [0.5, 0.6) is 0 Å². The second kappa shape index (κ2) is 7.14. The first kappa shape index (κ1) is 18.1. The molecule has 2 saturated heterocycles. The molecule has 10 heteroatoms. The highest BCUT2D eigenvalue weighted by Gasteiger charge is 2.41. The smallest absolute Gasteiger partial charge is 0.242 e. The molecule has 0 bridgehead atoms. The third-order valence-corrected chi connectivity index (χ3v) is 6.68. The van der Waals surface area contributed by atoms with E-state index >= 15 is 0 Å². The van der Waals surface area contributed by atoms with Gasteiger partial charge in [-0.15, -0.1) is 10.2 Å². The first-order valence-electron chi connectivity index (χ1n) is 9.30. The van der Waals surface area contributed by atoms with Crippen molar-refractivity contribution in [1.29, 1.82) is 0 Å². The Hall–Kier alpha value is -1.94. The van der Waals surface area contributed by atoms with E-state index in [9.17, 15) is 0 Å². The van der Waals surface area contributed by atoms with Gasteiger partial charge in [-0.25, -0.2) is 0 Å². The molecule has 2 aliphatic rings. The number of benzene rings is 1. The zero-order chi connectivity index (χ0) is 19.3. The summed E-state index contributed by atoms with van der Waals surface area (Å²) in [5.74, 6) is 3.12. The highest BCUT2D eigenvalue weighted by atomic mass is 79.9. The van der Waals surface area contributed by atoms with Gasteiger partial charge in [0.05, 0.1) is 12.2 Å². The Morgan fingerprint density at radius 3 is 2.54 bits per heavy atom. The van der Waals surface area contributed by atoms with Crippen molar-refractivity contribution in [2.45, 2.75) is 13.5 Å². The second-order valence-electron chi connectivity index (χ2n) is 7.28. The van der Waals surface area contributed by atoms with Gasteiger partial charge in [0, 0.05) is 53.0 Å². The number of aromatic nitrogens is 5. The molecule has 0 saturated carbocycles. The van der Waals surface area contributed by atoms with Gasteiger partial charge in [0.1, 0.15) is 0 Å². The lowest BCUT2D eigenvalue weighted by Gasteiger charge is -2.24. The van der Waals surface area contributed by atoms with Crippen LogP contribution in [0.25, 0.3) is 11.6 Å². The zero-order valence-corrected chi connectivity index (χ0v) is 18.5. The monoisotopic (exact) mass is 507 g/mol. The van der Waals surface area contributed by atoms with Crippen LogP contribution in [0.15, 0.2) is 37.7 Å². The molecule has 2 unspecified atom stereocenters. The standard InChI is InChI=1S/C18H19Br2N7O/c1-2-27-22-18(21-24-27)16-6-17(23-28-16)26-9-11-7-25(8-12(11)10-26)15-5-13(19)3-4-14(15)20/h3-6,11-12H,2,7-10H2,1H3. The van der Waals surface area contributed by atoms with Crippen LogP contribution in [-0.4, -0.2) is 51.5 Å². The lowest BCUT2D eigenvalue weighted by Crippen LogP contribution is -2.29. The van der Waals surface area contributed by atoms with E-state index in [1.807, 2.05) is 13.0 Å². The molecule has 0 amide bonds. The minimum Gasteiger partial charge on any atom is -0.370 e. The quantitative estimate of drug-likeness (QED) is 0.534. The van der Waals surface area contributed by atoms with Crippen molar-refractivity contribution in [1.82, 2.24) is 25.4 Å². The van der Waals surface area contributed by atoms with Crippen molar-refractivity contribution in [3.63, 3.8) is 0 Å². The highest BCUT2D eigenvalue weighted by Crippen LogP contribution is 2.39. The molecular weight excluding hydrogens is 490 g/mol. The Labute approximate surface area is 179 Å². The first-order valence-corrected chi connectivity index (χ1v) is 10.9. The Kier molecular flexibility index (Phi) is 4.62. The topological polar surface area (TPSA) is 76.1 Å². The van der Waals surface area contributed by atoms with Crippen molar-refractivity contribution in [2.75, 3.05) is 36.0 Å². The van der Waals surface area contributed by atoms with Crippen molar-refractivity contribution in [3.8, 4) is 11.6 Å². The van der Waals surface area contributed by atoms with Crippen LogP contribution in [-0.2, 0) is 6.54 Å².